The summed E-state index contributed by atoms with van der Waals surface area (Å²) in [5, 5.41) is 2.70. The molecule has 0 aliphatic carbocycles. The van der Waals surface area contributed by atoms with Crippen LogP contribution in [0.4, 0.5) is 4.39 Å². The third-order valence-electron chi connectivity index (χ3n) is 5.38. The lowest BCUT2D eigenvalue weighted by atomic mass is 9.88. The molecule has 1 saturated heterocycles. The highest BCUT2D eigenvalue weighted by Gasteiger charge is 2.45. The molecule has 0 unspecified atom stereocenters. The van der Waals surface area contributed by atoms with Gasteiger partial charge in [0.15, 0.2) is 5.60 Å². The Kier molecular flexibility index (Phi) is 6.27. The van der Waals surface area contributed by atoms with Gasteiger partial charge in [-0.15, -0.1) is 0 Å². The number of halogens is 1. The molecule has 0 bridgehead atoms. The summed E-state index contributed by atoms with van der Waals surface area (Å²) in [7, 11) is 1.58. The predicted molar refractivity (Wildman–Crippen MR) is 114 cm³/mol. The van der Waals surface area contributed by atoms with Crippen LogP contribution < -0.4 is 5.32 Å². The SMILES string of the molecule is CNC(=O)[C@]1(Cc2ccc(-c3ccc(F)cc3)cc2)CN(C(=O)C(C)(C)C)CCO1. The van der Waals surface area contributed by atoms with Crippen molar-refractivity contribution in [2.45, 2.75) is 32.8 Å². The van der Waals surface area contributed by atoms with E-state index in [2.05, 4.69) is 5.32 Å². The molecule has 0 saturated carbocycles. The van der Waals surface area contributed by atoms with E-state index in [1.807, 2.05) is 45.0 Å². The number of hydrogen-bond donors (Lipinski definition) is 1. The van der Waals surface area contributed by atoms with E-state index in [0.717, 1.165) is 16.7 Å². The van der Waals surface area contributed by atoms with E-state index in [4.69, 9.17) is 4.74 Å². The van der Waals surface area contributed by atoms with Crippen LogP contribution in [0.25, 0.3) is 11.1 Å². The molecule has 6 heteroatoms. The molecule has 1 heterocycles. The van der Waals surface area contributed by atoms with Crippen LogP contribution in [0.3, 0.4) is 0 Å². The first-order chi connectivity index (χ1) is 14.1. The van der Waals surface area contributed by atoms with Gasteiger partial charge in [-0.25, -0.2) is 4.39 Å². The first-order valence-corrected chi connectivity index (χ1v) is 10.1. The maximum atomic E-state index is 13.2. The van der Waals surface area contributed by atoms with Crippen LogP contribution in [0.15, 0.2) is 48.5 Å². The fraction of sp³-hybridized carbons (Fsp3) is 0.417. The first kappa shape index (κ1) is 22.0. The molecular formula is C24H29FN2O3. The number of nitrogens with zero attached hydrogens (tertiary/aromatic N) is 1. The highest BCUT2D eigenvalue weighted by atomic mass is 19.1. The lowest BCUT2D eigenvalue weighted by molar-refractivity contribution is -0.169. The van der Waals surface area contributed by atoms with Crippen molar-refractivity contribution in [3.8, 4) is 11.1 Å². The number of carbonyl (C=O) groups is 2. The van der Waals surface area contributed by atoms with Gasteiger partial charge in [0.25, 0.3) is 5.91 Å². The molecule has 1 N–H and O–H groups in total. The van der Waals surface area contributed by atoms with E-state index >= 15 is 0 Å². The molecule has 2 aromatic carbocycles. The van der Waals surface area contributed by atoms with Gasteiger partial charge in [0.2, 0.25) is 5.91 Å². The van der Waals surface area contributed by atoms with Gasteiger partial charge in [-0.1, -0.05) is 57.2 Å². The maximum Gasteiger partial charge on any atom is 0.254 e. The third kappa shape index (κ3) is 4.70. The number of morpholine rings is 1. The summed E-state index contributed by atoms with van der Waals surface area (Å²) in [5.41, 5.74) is 1.14. The van der Waals surface area contributed by atoms with E-state index in [9.17, 15) is 14.0 Å². The summed E-state index contributed by atoms with van der Waals surface area (Å²) >= 11 is 0. The topological polar surface area (TPSA) is 58.6 Å². The van der Waals surface area contributed by atoms with Gasteiger partial charge in [-0.3, -0.25) is 9.59 Å². The molecule has 1 fully saturated rings. The molecule has 160 valence electrons. The molecule has 1 atom stereocenters. The molecule has 2 aromatic rings. The number of likely N-dealkylation sites (N-methyl/N-ethyl adjacent to an activating group) is 1. The number of ether oxygens (including phenoxy) is 1. The van der Waals surface area contributed by atoms with E-state index in [0.29, 0.717) is 19.6 Å². The minimum absolute atomic E-state index is 0.00531. The van der Waals surface area contributed by atoms with Crippen LogP contribution in [-0.4, -0.2) is 49.1 Å². The van der Waals surface area contributed by atoms with Crippen molar-refractivity contribution in [1.82, 2.24) is 10.2 Å². The summed E-state index contributed by atoms with van der Waals surface area (Å²) in [4.78, 5) is 27.4. The zero-order chi connectivity index (χ0) is 21.9. The average Bonchev–Trinajstić information content (AvgIpc) is 2.73. The first-order valence-electron chi connectivity index (χ1n) is 10.1. The Morgan fingerprint density at radius 2 is 1.63 bits per heavy atom. The zero-order valence-corrected chi connectivity index (χ0v) is 18.0. The molecule has 1 aliphatic rings. The Labute approximate surface area is 177 Å². The quantitative estimate of drug-likeness (QED) is 0.837. The fourth-order valence-electron chi connectivity index (χ4n) is 3.77. The van der Waals surface area contributed by atoms with Crippen LogP contribution in [0.1, 0.15) is 26.3 Å². The second-order valence-electron chi connectivity index (χ2n) is 8.78. The molecular weight excluding hydrogens is 383 g/mol. The Balaban J connectivity index is 1.83. The van der Waals surface area contributed by atoms with Gasteiger partial charge in [0, 0.05) is 25.4 Å². The average molecular weight is 413 g/mol. The van der Waals surface area contributed by atoms with Gasteiger partial charge in [-0.2, -0.15) is 0 Å². The van der Waals surface area contributed by atoms with Gasteiger partial charge in [0.1, 0.15) is 5.82 Å². The molecule has 30 heavy (non-hydrogen) atoms. The lowest BCUT2D eigenvalue weighted by Gasteiger charge is -2.43. The van der Waals surface area contributed by atoms with Crippen LogP contribution in [-0.2, 0) is 20.7 Å². The molecule has 0 radical (unpaired) electrons. The summed E-state index contributed by atoms with van der Waals surface area (Å²) < 4.78 is 19.2. The Bertz CT molecular complexity index is 904. The second kappa shape index (κ2) is 8.56. The van der Waals surface area contributed by atoms with Gasteiger partial charge in [0.05, 0.1) is 13.2 Å². The van der Waals surface area contributed by atoms with E-state index in [1.54, 1.807) is 24.1 Å². The number of rotatable bonds is 4. The number of nitrogens with one attached hydrogen (secondary N) is 1. The Hall–Kier alpha value is -2.73. The van der Waals surface area contributed by atoms with Crippen molar-refractivity contribution < 1.29 is 18.7 Å². The van der Waals surface area contributed by atoms with Crippen molar-refractivity contribution in [3.05, 3.63) is 59.9 Å². The van der Waals surface area contributed by atoms with E-state index < -0.39 is 11.0 Å². The highest BCUT2D eigenvalue weighted by Crippen LogP contribution is 2.28. The minimum Gasteiger partial charge on any atom is -0.361 e. The largest absolute Gasteiger partial charge is 0.361 e. The summed E-state index contributed by atoms with van der Waals surface area (Å²) in [6.07, 6.45) is 0.351. The summed E-state index contributed by atoms with van der Waals surface area (Å²) in [6.45, 7) is 6.62. The summed E-state index contributed by atoms with van der Waals surface area (Å²) in [5.74, 6) is -0.506. The Morgan fingerprint density at radius 3 is 2.17 bits per heavy atom. The van der Waals surface area contributed by atoms with Crippen molar-refractivity contribution >= 4 is 11.8 Å². The molecule has 0 spiro atoms. The fourth-order valence-corrected chi connectivity index (χ4v) is 3.77. The van der Waals surface area contributed by atoms with E-state index in [-0.39, 0.29) is 24.2 Å². The smallest absolute Gasteiger partial charge is 0.254 e. The van der Waals surface area contributed by atoms with Gasteiger partial charge in [-0.05, 0) is 28.8 Å². The van der Waals surface area contributed by atoms with Crippen LogP contribution in [0, 0.1) is 11.2 Å². The zero-order valence-electron chi connectivity index (χ0n) is 18.0. The lowest BCUT2D eigenvalue weighted by Crippen LogP contribution is -2.62. The van der Waals surface area contributed by atoms with Crippen molar-refractivity contribution in [1.29, 1.82) is 0 Å². The number of amides is 2. The van der Waals surface area contributed by atoms with Crippen molar-refractivity contribution in [2.75, 3.05) is 26.7 Å². The number of carbonyl (C=O) groups excluding carboxylic acids is 2. The van der Waals surface area contributed by atoms with Crippen molar-refractivity contribution in [2.24, 2.45) is 5.41 Å². The predicted octanol–water partition coefficient (Wildman–Crippen LogP) is 3.42. The van der Waals surface area contributed by atoms with Gasteiger partial charge >= 0.3 is 0 Å². The molecule has 3 rings (SSSR count). The standard InChI is InChI=1S/C24H29FN2O3/c1-23(2,3)22(29)27-13-14-30-24(16-27,21(28)26-4)15-17-5-7-18(8-6-17)19-9-11-20(25)12-10-19/h5-12H,13-16H2,1-4H3,(H,26,28)/t24-/m0/s1. The summed E-state index contributed by atoms with van der Waals surface area (Å²) in [6, 6.07) is 14.1. The van der Waals surface area contributed by atoms with Crippen LogP contribution in [0.5, 0.6) is 0 Å². The van der Waals surface area contributed by atoms with Crippen LogP contribution >= 0.6 is 0 Å². The minimum atomic E-state index is -1.13. The Morgan fingerprint density at radius 1 is 1.07 bits per heavy atom. The molecule has 5 nitrogen and oxygen atoms in total. The second-order valence-corrected chi connectivity index (χ2v) is 8.78. The van der Waals surface area contributed by atoms with Crippen molar-refractivity contribution in [3.63, 3.8) is 0 Å². The molecule has 2 amide bonds. The third-order valence-corrected chi connectivity index (χ3v) is 5.38. The number of benzene rings is 2. The number of hydrogen-bond acceptors (Lipinski definition) is 3. The van der Waals surface area contributed by atoms with Gasteiger partial charge < -0.3 is 15.0 Å². The van der Waals surface area contributed by atoms with E-state index in [1.165, 1.54) is 12.1 Å². The molecule has 0 aromatic heterocycles. The highest BCUT2D eigenvalue weighted by molar-refractivity contribution is 5.88. The van der Waals surface area contributed by atoms with Crippen LogP contribution in [0.2, 0.25) is 0 Å². The normalized spacial score (nSPS) is 19.4. The monoisotopic (exact) mass is 412 g/mol. The maximum absolute atomic E-state index is 13.2. The molecule has 1 aliphatic heterocycles.